The fourth-order valence-electron chi connectivity index (χ4n) is 1.46. The van der Waals surface area contributed by atoms with Crippen LogP contribution in [0.1, 0.15) is 19.4 Å². The number of hydrogen-bond donors (Lipinski definition) is 1. The maximum Gasteiger partial charge on any atom is 0.104 e. The minimum atomic E-state index is -0.227. The third-order valence-electron chi connectivity index (χ3n) is 2.71. The molecule has 0 amide bonds. The highest BCUT2D eigenvalue weighted by Gasteiger charge is 2.24. The largest absolute Gasteiger partial charge is 0.387 e. The summed E-state index contributed by atoms with van der Waals surface area (Å²) in [6.07, 6.45) is 0. The van der Waals surface area contributed by atoms with E-state index in [-0.39, 0.29) is 5.41 Å². The van der Waals surface area contributed by atoms with Gasteiger partial charge in [0.15, 0.2) is 0 Å². The van der Waals surface area contributed by atoms with Gasteiger partial charge in [-0.1, -0.05) is 30.3 Å². The predicted molar refractivity (Wildman–Crippen MR) is 67.8 cm³/mol. The van der Waals surface area contributed by atoms with E-state index in [9.17, 15) is 0 Å². The third-order valence-corrected chi connectivity index (χ3v) is 2.71. The zero-order valence-electron chi connectivity index (χ0n) is 10.2. The molecule has 0 aromatic heterocycles. The summed E-state index contributed by atoms with van der Waals surface area (Å²) in [5, 5.41) is 0. The number of aliphatic imine (C=N–C) groups is 1. The molecule has 0 fully saturated rings. The minimum absolute atomic E-state index is 0.227. The van der Waals surface area contributed by atoms with Gasteiger partial charge in [0.05, 0.1) is 13.2 Å². The first-order chi connectivity index (χ1) is 7.59. The molecule has 0 aliphatic heterocycles. The molecule has 3 heteroatoms. The Hall–Kier alpha value is -1.35. The molecule has 0 heterocycles. The number of ether oxygens (including phenoxy) is 1. The molecule has 3 nitrogen and oxygen atoms in total. The van der Waals surface area contributed by atoms with Crippen LogP contribution in [0.15, 0.2) is 35.3 Å². The number of nitrogens with two attached hydrogens (primary N) is 1. The van der Waals surface area contributed by atoms with Gasteiger partial charge in [-0.25, -0.2) is 0 Å². The molecule has 1 aromatic carbocycles. The minimum Gasteiger partial charge on any atom is -0.387 e. The average Bonchev–Trinajstić information content (AvgIpc) is 2.30. The first-order valence-electron chi connectivity index (χ1n) is 5.44. The van der Waals surface area contributed by atoms with Crippen LogP contribution in [0.3, 0.4) is 0 Å². The van der Waals surface area contributed by atoms with Crippen molar-refractivity contribution in [2.75, 3.05) is 20.3 Å². The molecule has 0 aliphatic rings. The van der Waals surface area contributed by atoms with Crippen LogP contribution >= 0.6 is 0 Å². The zero-order chi connectivity index (χ0) is 12.0. The van der Waals surface area contributed by atoms with Crippen molar-refractivity contribution in [3.05, 3.63) is 35.9 Å². The molecule has 16 heavy (non-hydrogen) atoms. The van der Waals surface area contributed by atoms with Crippen molar-refractivity contribution in [1.29, 1.82) is 0 Å². The molecule has 1 rings (SSSR count). The van der Waals surface area contributed by atoms with Gasteiger partial charge < -0.3 is 10.5 Å². The van der Waals surface area contributed by atoms with Gasteiger partial charge in [0.1, 0.15) is 5.84 Å². The van der Waals surface area contributed by atoms with Crippen LogP contribution in [-0.4, -0.2) is 26.1 Å². The van der Waals surface area contributed by atoms with Crippen LogP contribution < -0.4 is 5.73 Å². The second-order valence-corrected chi connectivity index (χ2v) is 4.25. The van der Waals surface area contributed by atoms with Gasteiger partial charge in [0.25, 0.3) is 0 Å². The Bertz CT molecular complexity index is 344. The van der Waals surface area contributed by atoms with Crippen LogP contribution in [0.2, 0.25) is 0 Å². The fraction of sp³-hybridized carbons (Fsp3) is 0.462. The first kappa shape index (κ1) is 12.7. The lowest BCUT2D eigenvalue weighted by Gasteiger charge is -2.24. The zero-order valence-corrected chi connectivity index (χ0v) is 10.2. The Balaban J connectivity index is 2.81. The molecular formula is C13H20N2O. The van der Waals surface area contributed by atoms with Crippen LogP contribution in [0.25, 0.3) is 0 Å². The summed E-state index contributed by atoms with van der Waals surface area (Å²) in [5.41, 5.74) is 6.97. The monoisotopic (exact) mass is 220 g/mol. The lowest BCUT2D eigenvalue weighted by atomic mass is 9.83. The molecule has 0 saturated carbocycles. The fourth-order valence-corrected chi connectivity index (χ4v) is 1.46. The van der Waals surface area contributed by atoms with Crippen molar-refractivity contribution in [2.45, 2.75) is 19.3 Å². The molecule has 0 spiro atoms. The molecule has 0 saturated heterocycles. The lowest BCUT2D eigenvalue weighted by Crippen LogP contribution is -2.36. The van der Waals surface area contributed by atoms with Crippen LogP contribution in [0.5, 0.6) is 0 Å². The van der Waals surface area contributed by atoms with Gasteiger partial charge in [-0.05, 0) is 19.4 Å². The molecule has 88 valence electrons. The van der Waals surface area contributed by atoms with Crippen LogP contribution in [-0.2, 0) is 10.2 Å². The third kappa shape index (κ3) is 3.07. The van der Waals surface area contributed by atoms with Crippen molar-refractivity contribution in [2.24, 2.45) is 10.7 Å². The number of hydrogen-bond acceptors (Lipinski definition) is 2. The smallest absolute Gasteiger partial charge is 0.104 e. The number of methoxy groups -OCH3 is 1. The van der Waals surface area contributed by atoms with E-state index in [1.165, 1.54) is 5.56 Å². The van der Waals surface area contributed by atoms with Crippen LogP contribution in [0.4, 0.5) is 0 Å². The Morgan fingerprint density at radius 1 is 1.31 bits per heavy atom. The van der Waals surface area contributed by atoms with Crippen molar-refractivity contribution < 1.29 is 4.74 Å². The summed E-state index contributed by atoms with van der Waals surface area (Å²) in [5.74, 6) is 0.649. The highest BCUT2D eigenvalue weighted by Crippen LogP contribution is 2.22. The van der Waals surface area contributed by atoms with Crippen molar-refractivity contribution >= 4 is 5.84 Å². The van der Waals surface area contributed by atoms with Crippen molar-refractivity contribution in [1.82, 2.24) is 0 Å². The Labute approximate surface area is 97.3 Å². The van der Waals surface area contributed by atoms with E-state index < -0.39 is 0 Å². The quantitative estimate of drug-likeness (QED) is 0.468. The predicted octanol–water partition coefficient (Wildman–Crippen LogP) is 1.97. The lowest BCUT2D eigenvalue weighted by molar-refractivity contribution is 0.208. The van der Waals surface area contributed by atoms with Gasteiger partial charge in [0.2, 0.25) is 0 Å². The normalized spacial score (nSPS) is 12.8. The van der Waals surface area contributed by atoms with Gasteiger partial charge in [-0.15, -0.1) is 0 Å². The Kier molecular flexibility index (Phi) is 4.50. The molecule has 0 atom stereocenters. The second-order valence-electron chi connectivity index (χ2n) is 4.25. The summed E-state index contributed by atoms with van der Waals surface area (Å²) in [6.45, 7) is 5.37. The van der Waals surface area contributed by atoms with E-state index in [0.717, 1.165) is 0 Å². The first-order valence-corrected chi connectivity index (χ1v) is 5.44. The standard InChI is InChI=1S/C13H20N2O/c1-13(2,11-7-5-4-6-8-11)12(14)15-9-10-16-3/h4-8H,9-10H2,1-3H3,(H2,14,15). The van der Waals surface area contributed by atoms with E-state index in [0.29, 0.717) is 19.0 Å². The molecule has 2 N–H and O–H groups in total. The highest BCUT2D eigenvalue weighted by molar-refractivity contribution is 5.90. The maximum absolute atomic E-state index is 6.02. The SMILES string of the molecule is COCCN=C(N)C(C)(C)c1ccccc1. The second kappa shape index (κ2) is 5.66. The summed E-state index contributed by atoms with van der Waals surface area (Å²) in [4.78, 5) is 4.33. The van der Waals surface area contributed by atoms with Crippen molar-refractivity contribution in [3.8, 4) is 0 Å². The molecule has 0 aliphatic carbocycles. The van der Waals surface area contributed by atoms with Crippen LogP contribution in [0, 0.1) is 0 Å². The van der Waals surface area contributed by atoms with Gasteiger partial charge in [-0.3, -0.25) is 4.99 Å². The average molecular weight is 220 g/mol. The van der Waals surface area contributed by atoms with E-state index in [2.05, 4.69) is 31.0 Å². The number of nitrogens with zero attached hydrogens (tertiary/aromatic N) is 1. The molecule has 1 aromatic rings. The molecule has 0 radical (unpaired) electrons. The number of rotatable bonds is 5. The topological polar surface area (TPSA) is 47.6 Å². The number of amidine groups is 1. The van der Waals surface area contributed by atoms with E-state index in [4.69, 9.17) is 10.5 Å². The van der Waals surface area contributed by atoms with E-state index >= 15 is 0 Å². The Morgan fingerprint density at radius 3 is 2.50 bits per heavy atom. The number of benzene rings is 1. The van der Waals surface area contributed by atoms with E-state index in [1.54, 1.807) is 7.11 Å². The molecular weight excluding hydrogens is 200 g/mol. The summed E-state index contributed by atoms with van der Waals surface area (Å²) >= 11 is 0. The van der Waals surface area contributed by atoms with Gasteiger partial charge in [0, 0.05) is 12.5 Å². The van der Waals surface area contributed by atoms with Gasteiger partial charge >= 0.3 is 0 Å². The molecule has 0 bridgehead atoms. The summed E-state index contributed by atoms with van der Waals surface area (Å²) in [6, 6.07) is 10.2. The maximum atomic E-state index is 6.02. The van der Waals surface area contributed by atoms with Gasteiger partial charge in [-0.2, -0.15) is 0 Å². The highest BCUT2D eigenvalue weighted by atomic mass is 16.5. The summed E-state index contributed by atoms with van der Waals surface area (Å²) in [7, 11) is 1.66. The van der Waals surface area contributed by atoms with E-state index in [1.807, 2.05) is 18.2 Å². The summed E-state index contributed by atoms with van der Waals surface area (Å²) < 4.78 is 4.95. The van der Waals surface area contributed by atoms with Crippen molar-refractivity contribution in [3.63, 3.8) is 0 Å². The Morgan fingerprint density at radius 2 is 1.94 bits per heavy atom. The molecule has 0 unspecified atom stereocenters.